The van der Waals surface area contributed by atoms with Crippen LogP contribution >= 0.6 is 11.6 Å². The first-order chi connectivity index (χ1) is 21.4. The summed E-state index contributed by atoms with van der Waals surface area (Å²) in [6, 6.07) is 13.0. The fourth-order valence-electron chi connectivity index (χ4n) is 4.88. The molecule has 0 aliphatic rings. The lowest BCUT2D eigenvalue weighted by molar-refractivity contribution is 0.172. The summed E-state index contributed by atoms with van der Waals surface area (Å²) in [5, 5.41) is 18.9. The summed E-state index contributed by atoms with van der Waals surface area (Å²) in [6.07, 6.45) is -0.777. The van der Waals surface area contributed by atoms with E-state index in [9.17, 15) is 21.9 Å². The van der Waals surface area contributed by atoms with Crippen LogP contribution in [0.25, 0.3) is 17.3 Å². The van der Waals surface area contributed by atoms with Crippen molar-refractivity contribution >= 4 is 45.5 Å². The van der Waals surface area contributed by atoms with Crippen LogP contribution in [0, 0.1) is 6.92 Å². The molecule has 2 heterocycles. The topological polar surface area (TPSA) is 154 Å². The van der Waals surface area contributed by atoms with Crippen molar-refractivity contribution in [1.29, 1.82) is 0 Å². The highest BCUT2D eigenvalue weighted by molar-refractivity contribution is 7.93. The molecule has 4 aromatic rings. The van der Waals surface area contributed by atoms with Crippen molar-refractivity contribution in [3.63, 3.8) is 0 Å². The molecule has 0 saturated heterocycles. The zero-order valence-corrected chi connectivity index (χ0v) is 30.4. The molecule has 12 nitrogen and oxygen atoms in total. The quantitative estimate of drug-likeness (QED) is 0.176. The third kappa shape index (κ3) is 7.28. The van der Waals surface area contributed by atoms with Crippen molar-refractivity contribution in [1.82, 2.24) is 14.8 Å². The van der Waals surface area contributed by atoms with Crippen LogP contribution in [-0.4, -0.2) is 77.1 Å². The molecule has 0 bridgehead atoms. The number of anilines is 1. The van der Waals surface area contributed by atoms with Crippen molar-refractivity contribution in [2.24, 2.45) is 0 Å². The Morgan fingerprint density at radius 2 is 1.65 bits per heavy atom. The predicted octanol–water partition coefficient (Wildman–Crippen LogP) is 5.51. The van der Waals surface area contributed by atoms with E-state index in [1.807, 2.05) is 0 Å². The van der Waals surface area contributed by atoms with Gasteiger partial charge in [0, 0.05) is 31.5 Å². The van der Waals surface area contributed by atoms with Crippen molar-refractivity contribution in [3.05, 3.63) is 64.9 Å². The first-order valence-corrected chi connectivity index (χ1v) is 21.8. The molecule has 2 aromatic carbocycles. The molecule has 250 valence electrons. The largest absolute Gasteiger partial charge is 0.494 e. The number of furan rings is 1. The molecule has 0 aliphatic heterocycles. The number of sulfone groups is 1. The van der Waals surface area contributed by atoms with Crippen LogP contribution in [-0.2, 0) is 19.9 Å². The first-order valence-electron chi connectivity index (χ1n) is 14.3. The average Bonchev–Trinajstić information content (AvgIpc) is 3.60. The lowest BCUT2D eigenvalue weighted by Gasteiger charge is -2.31. The molecular weight excluding hydrogens is 672 g/mol. The highest BCUT2D eigenvalue weighted by atomic mass is 35.5. The molecule has 0 aliphatic carbocycles. The Morgan fingerprint density at radius 1 is 1.02 bits per heavy atom. The number of sulfonamides is 1. The number of aryl methyl sites for hydroxylation is 1. The maximum atomic E-state index is 14.7. The van der Waals surface area contributed by atoms with Crippen LogP contribution in [0.15, 0.2) is 57.8 Å². The third-order valence-corrected chi connectivity index (χ3v) is 12.7. The highest BCUT2D eigenvalue weighted by Crippen LogP contribution is 2.40. The van der Waals surface area contributed by atoms with Crippen LogP contribution in [0.3, 0.4) is 0 Å². The molecule has 2 unspecified atom stereocenters. The van der Waals surface area contributed by atoms with Crippen molar-refractivity contribution in [2.75, 3.05) is 31.3 Å². The minimum atomic E-state index is -4.49. The maximum Gasteiger partial charge on any atom is 0.246 e. The molecule has 2 aromatic heterocycles. The molecule has 0 fully saturated rings. The van der Waals surface area contributed by atoms with E-state index in [4.69, 9.17) is 25.5 Å². The van der Waals surface area contributed by atoms with Gasteiger partial charge in [-0.1, -0.05) is 43.4 Å². The molecule has 0 saturated carbocycles. The Hall–Kier alpha value is -3.37. The molecular formula is C30H39ClN4O8S2Si. The van der Waals surface area contributed by atoms with Gasteiger partial charge in [-0.2, -0.15) is 0 Å². The number of aromatic nitrogens is 3. The number of nitrogens with zero attached hydrogens (tertiary/aromatic N) is 4. The second-order valence-corrected chi connectivity index (χ2v) is 22.4. The number of para-hydroxylation sites is 1. The van der Waals surface area contributed by atoms with Gasteiger partial charge < -0.3 is 19.0 Å². The number of hydrogen-bond donors (Lipinski definition) is 1. The second-order valence-electron chi connectivity index (χ2n) is 12.1. The van der Waals surface area contributed by atoms with Gasteiger partial charge in [0.1, 0.15) is 28.2 Å². The number of hydrogen-bond acceptors (Lipinski definition) is 10. The summed E-state index contributed by atoms with van der Waals surface area (Å²) >= 11 is 6.08. The van der Waals surface area contributed by atoms with Crippen LogP contribution in [0.5, 0.6) is 11.5 Å². The monoisotopic (exact) mass is 710 g/mol. The van der Waals surface area contributed by atoms with E-state index in [1.165, 1.54) is 43.9 Å². The number of ether oxygens (including phenoxy) is 2. The van der Waals surface area contributed by atoms with Crippen LogP contribution in [0.2, 0.25) is 30.7 Å². The van der Waals surface area contributed by atoms with Gasteiger partial charge in [-0.25, -0.2) is 21.1 Å². The minimum Gasteiger partial charge on any atom is -0.494 e. The summed E-state index contributed by atoms with van der Waals surface area (Å²) in [6.45, 7) is 9.41. The molecule has 0 spiro atoms. The van der Waals surface area contributed by atoms with Gasteiger partial charge in [0.15, 0.2) is 15.6 Å². The molecule has 0 amide bonds. The van der Waals surface area contributed by atoms with E-state index in [1.54, 1.807) is 37.3 Å². The van der Waals surface area contributed by atoms with Crippen LogP contribution in [0.4, 0.5) is 5.95 Å². The number of halogens is 1. The van der Waals surface area contributed by atoms with E-state index >= 15 is 0 Å². The summed E-state index contributed by atoms with van der Waals surface area (Å²) in [5.74, 6) is 1.70. The highest BCUT2D eigenvalue weighted by Gasteiger charge is 2.40. The zero-order valence-electron chi connectivity index (χ0n) is 27.0. The maximum absolute atomic E-state index is 14.7. The lowest BCUT2D eigenvalue weighted by atomic mass is 10.1. The van der Waals surface area contributed by atoms with E-state index in [2.05, 4.69) is 29.8 Å². The van der Waals surface area contributed by atoms with Gasteiger partial charge in [0.2, 0.25) is 21.8 Å². The van der Waals surface area contributed by atoms with E-state index in [-0.39, 0.29) is 33.8 Å². The number of aliphatic hydroxyl groups excluding tert-OH is 1. The van der Waals surface area contributed by atoms with Gasteiger partial charge in [-0.3, -0.25) is 4.57 Å². The van der Waals surface area contributed by atoms with Gasteiger partial charge in [0.05, 0.1) is 25.2 Å². The van der Waals surface area contributed by atoms with Crippen LogP contribution in [0.1, 0.15) is 24.4 Å². The molecule has 0 radical (unpaired) electrons. The molecule has 2 atom stereocenters. The normalized spacial score (nSPS) is 13.8. The minimum absolute atomic E-state index is 0.00144. The lowest BCUT2D eigenvalue weighted by Crippen LogP contribution is -2.44. The fraction of sp³-hybridized carbons (Fsp3) is 0.400. The summed E-state index contributed by atoms with van der Waals surface area (Å²) < 4.78 is 74.5. The SMILES string of the molecule is COc1cccc(OC)c1-n1c(-c2ccc(C)o2)nnc1N(CC[Si](C)(C)C)S(=O)(=O)C(C)C(O)c1ccc(Cl)cc1S(C)(=O)=O. The van der Waals surface area contributed by atoms with Crippen molar-refractivity contribution in [2.45, 2.75) is 55.8 Å². The Labute approximate surface area is 275 Å². The number of rotatable bonds is 13. The number of benzene rings is 2. The Bertz CT molecular complexity index is 1920. The molecule has 1 N–H and O–H groups in total. The molecule has 4 rings (SSSR count). The Morgan fingerprint density at radius 3 is 2.17 bits per heavy atom. The Kier molecular flexibility index (Phi) is 10.3. The van der Waals surface area contributed by atoms with E-state index < -0.39 is 39.3 Å². The number of aliphatic hydroxyl groups is 1. The standard InChI is InChI=1S/C30H39ClN4O8S2Si/c1-19-12-15-25(43-19)29-32-33-30(35(29)27-23(41-3)10-9-11-24(27)42-4)34(16-17-46(6,7)8)45(39,40)20(2)28(36)22-14-13-21(31)18-26(22)44(5,37)38/h9-15,18,20,28,36H,16-17H2,1-8H3. The summed E-state index contributed by atoms with van der Waals surface area (Å²) in [7, 11) is -7.29. The Balaban J connectivity index is 1.99. The smallest absolute Gasteiger partial charge is 0.246 e. The zero-order chi connectivity index (χ0) is 34.2. The first kappa shape index (κ1) is 35.5. The summed E-state index contributed by atoms with van der Waals surface area (Å²) in [4.78, 5) is -0.263. The van der Waals surface area contributed by atoms with Gasteiger partial charge >= 0.3 is 0 Å². The molecule has 46 heavy (non-hydrogen) atoms. The number of methoxy groups -OCH3 is 2. The molecule has 16 heteroatoms. The van der Waals surface area contributed by atoms with Gasteiger partial charge in [-0.15, -0.1) is 10.2 Å². The third-order valence-electron chi connectivity index (χ3n) is 7.44. The van der Waals surface area contributed by atoms with Crippen molar-refractivity contribution in [3.8, 4) is 28.8 Å². The second kappa shape index (κ2) is 13.4. The van der Waals surface area contributed by atoms with E-state index in [0.29, 0.717) is 34.8 Å². The van der Waals surface area contributed by atoms with Crippen LogP contribution < -0.4 is 13.8 Å². The van der Waals surface area contributed by atoms with Gasteiger partial charge in [-0.05, 0) is 56.3 Å². The van der Waals surface area contributed by atoms with Gasteiger partial charge in [0.25, 0.3) is 0 Å². The van der Waals surface area contributed by atoms with E-state index in [0.717, 1.165) is 10.6 Å². The summed E-state index contributed by atoms with van der Waals surface area (Å²) in [5.41, 5.74) is 0.239. The van der Waals surface area contributed by atoms with Crippen molar-refractivity contribution < 1.29 is 35.8 Å². The fourth-order valence-corrected chi connectivity index (χ4v) is 8.69. The average molecular weight is 711 g/mol. The predicted molar refractivity (Wildman–Crippen MR) is 180 cm³/mol.